The summed E-state index contributed by atoms with van der Waals surface area (Å²) in [5, 5.41) is 39.6. The largest absolute Gasteiger partial charge is 0.450 e. The topological polar surface area (TPSA) is 260 Å². The van der Waals surface area contributed by atoms with Gasteiger partial charge in [0.1, 0.15) is 36.1 Å². The molecule has 0 spiro atoms. The van der Waals surface area contributed by atoms with Crippen LogP contribution in [0.4, 0.5) is 38.8 Å². The maximum atomic E-state index is 14.5. The molecule has 0 radical (unpaired) electrons. The van der Waals surface area contributed by atoms with Gasteiger partial charge in [0.25, 0.3) is 0 Å². The molecule has 2 aliphatic heterocycles. The minimum Gasteiger partial charge on any atom is -0.450 e. The number of aliphatic hydroxyl groups is 4. The Kier molecular flexibility index (Phi) is 23.2. The van der Waals surface area contributed by atoms with Crippen molar-refractivity contribution in [1.82, 2.24) is 19.1 Å². The van der Waals surface area contributed by atoms with E-state index in [1.807, 2.05) is 0 Å². The number of nitrogens with two attached hydrogens (primary N) is 1. The number of ether oxygens (including phenoxy) is 4. The van der Waals surface area contributed by atoms with Gasteiger partial charge in [-0.2, -0.15) is 27.5 Å². The number of hydrogen-bond donors (Lipinski definition) is 6. The van der Waals surface area contributed by atoms with Crippen molar-refractivity contribution < 1.29 is 66.5 Å². The van der Waals surface area contributed by atoms with E-state index in [1.165, 1.54) is 108 Å². The predicted molar refractivity (Wildman–Crippen MR) is 361 cm³/mol. The molecular formula is C74H111ClF4N6O12. The van der Waals surface area contributed by atoms with Gasteiger partial charge >= 0.3 is 34.7 Å². The van der Waals surface area contributed by atoms with Crippen molar-refractivity contribution >= 4 is 34.8 Å². The molecule has 2 saturated heterocycles. The molecule has 4 heterocycles. The summed E-state index contributed by atoms with van der Waals surface area (Å²) in [7, 11) is 0. The Labute approximate surface area is 575 Å². The summed E-state index contributed by atoms with van der Waals surface area (Å²) < 4.78 is 78.5. The Morgan fingerprint density at radius 2 is 1.06 bits per heavy atom. The fourth-order valence-corrected chi connectivity index (χ4v) is 21.5. The average molecular weight is 1390 g/mol. The molecule has 0 bridgehead atoms. The minimum absolute atomic E-state index is 0.0164. The summed E-state index contributed by atoms with van der Waals surface area (Å²) in [5.41, 5.74) is 6.82. The number of aromatic nitrogens is 4. The molecule has 12 unspecified atom stereocenters. The van der Waals surface area contributed by atoms with Crippen molar-refractivity contribution in [3.63, 3.8) is 0 Å². The van der Waals surface area contributed by atoms with Crippen LogP contribution in [0.5, 0.6) is 0 Å². The highest BCUT2D eigenvalue weighted by molar-refractivity contribution is 6.61. The van der Waals surface area contributed by atoms with Crippen molar-refractivity contribution in [2.75, 3.05) is 24.3 Å². The Morgan fingerprint density at radius 3 is 1.46 bits per heavy atom. The number of aliphatic hydroxyl groups excluding tert-OH is 4. The van der Waals surface area contributed by atoms with Gasteiger partial charge in [-0.3, -0.25) is 14.5 Å². The number of fused-ring (bicyclic) bond motifs is 10. The predicted octanol–water partition coefficient (Wildman–Crippen LogP) is 14.6. The van der Waals surface area contributed by atoms with E-state index in [4.69, 9.17) is 41.4 Å². The number of nitrogens with zero attached hydrogens (tertiary/aromatic N) is 4. The van der Waals surface area contributed by atoms with Crippen LogP contribution in [-0.4, -0.2) is 113 Å². The number of anilines is 2. The van der Waals surface area contributed by atoms with Gasteiger partial charge in [0.05, 0.1) is 13.2 Å². The molecule has 0 aromatic carbocycles. The summed E-state index contributed by atoms with van der Waals surface area (Å²) in [6, 6.07) is 2.35. The lowest BCUT2D eigenvalue weighted by Gasteiger charge is -2.58. The molecule has 8 aliphatic carbocycles. The molecule has 10 aliphatic rings. The number of carbonyl (C=O) groups excluding carboxylic acids is 2. The van der Waals surface area contributed by atoms with Crippen LogP contribution in [-0.2, 0) is 18.9 Å². The number of alkyl halides is 4. The summed E-state index contributed by atoms with van der Waals surface area (Å²) in [6.07, 6.45) is 21.3. The molecule has 22 atom stereocenters. The molecule has 6 saturated carbocycles. The second kappa shape index (κ2) is 29.9. The van der Waals surface area contributed by atoms with Gasteiger partial charge < -0.3 is 45.1 Å². The molecule has 2 aromatic heterocycles. The molecule has 1 amide bonds. The van der Waals surface area contributed by atoms with Crippen LogP contribution in [0.15, 0.2) is 57.4 Å². The zero-order valence-corrected chi connectivity index (χ0v) is 59.5. The van der Waals surface area contributed by atoms with Crippen molar-refractivity contribution in [3.8, 4) is 0 Å². The highest BCUT2D eigenvalue weighted by Gasteiger charge is 2.63. The number of allylic oxidation sites excluding steroid dienone is 2. The number of nitrogens with one attached hydrogen (secondary N) is 1. The molecule has 18 nitrogen and oxygen atoms in total. The summed E-state index contributed by atoms with van der Waals surface area (Å²) in [6.45, 7) is 23.1. The van der Waals surface area contributed by atoms with E-state index in [0.717, 1.165) is 116 Å². The van der Waals surface area contributed by atoms with Gasteiger partial charge in [-0.15, -0.1) is 0 Å². The number of amides is 1. The Balaban J connectivity index is 0.000000177. The van der Waals surface area contributed by atoms with Gasteiger partial charge in [-0.25, -0.2) is 19.2 Å². The number of nitrogen functional groups attached to an aromatic ring is 1. The third-order valence-electron chi connectivity index (χ3n) is 26.6. The Bertz CT molecular complexity index is 3280. The smallest absolute Gasteiger partial charge is 0.413 e. The maximum absolute atomic E-state index is 14.5. The fraction of sp³-hybridized carbons (Fsp3) is 0.811. The van der Waals surface area contributed by atoms with Crippen LogP contribution < -0.4 is 22.4 Å². The molecule has 97 heavy (non-hydrogen) atoms. The third-order valence-corrected chi connectivity index (χ3v) is 26.7. The first-order valence-electron chi connectivity index (χ1n) is 36.5. The van der Waals surface area contributed by atoms with Crippen molar-refractivity contribution in [2.45, 2.75) is 271 Å². The van der Waals surface area contributed by atoms with E-state index in [9.17, 15) is 52.1 Å². The molecule has 544 valence electrons. The quantitative estimate of drug-likeness (QED) is 0.0489. The van der Waals surface area contributed by atoms with E-state index in [2.05, 4.69) is 96.7 Å². The normalized spacial score (nSPS) is 38.8. The Hall–Kier alpha value is -4.45. The first kappa shape index (κ1) is 75.2. The van der Waals surface area contributed by atoms with Gasteiger partial charge in [0.15, 0.2) is 12.2 Å². The fourth-order valence-electron chi connectivity index (χ4n) is 21.4. The minimum atomic E-state index is -3.82. The first-order valence-corrected chi connectivity index (χ1v) is 36.9. The average Bonchev–Trinajstić information content (AvgIpc) is 1.71. The van der Waals surface area contributed by atoms with Crippen LogP contribution in [0, 0.1) is 92.7 Å². The van der Waals surface area contributed by atoms with Crippen molar-refractivity contribution in [2.24, 2.45) is 92.7 Å². The van der Waals surface area contributed by atoms with Crippen molar-refractivity contribution in [3.05, 3.63) is 68.8 Å². The second-order valence-electron chi connectivity index (χ2n) is 32.9. The maximum Gasteiger partial charge on any atom is 0.413 e. The number of hydrogen-bond acceptors (Lipinski definition) is 15. The van der Waals surface area contributed by atoms with Gasteiger partial charge in [-0.1, -0.05) is 131 Å². The van der Waals surface area contributed by atoms with E-state index in [-0.39, 0.29) is 29.3 Å². The molecule has 2 aromatic rings. The number of carbonyl (C=O) groups is 2. The Morgan fingerprint density at radius 1 is 0.629 bits per heavy atom. The van der Waals surface area contributed by atoms with E-state index in [1.54, 1.807) is 5.57 Å². The van der Waals surface area contributed by atoms with Crippen LogP contribution in [0.3, 0.4) is 0 Å². The molecule has 8 fully saturated rings. The highest BCUT2D eigenvalue weighted by Crippen LogP contribution is 2.69. The van der Waals surface area contributed by atoms with Crippen molar-refractivity contribution in [1.29, 1.82) is 0 Å². The van der Waals surface area contributed by atoms with Gasteiger partial charge in [-0.05, 0) is 195 Å². The van der Waals surface area contributed by atoms with Crippen LogP contribution in [0.2, 0.25) is 0 Å². The number of rotatable bonds is 17. The lowest BCUT2D eigenvalue weighted by molar-refractivity contribution is -0.141. The SMILES string of the molecule is CC(C)CCC[C@@H](C)[C@H]1CCC2C3CC=C4C[C@@H](OC(=O)Cl)CC[C@]4(C)C3CC[C@@]21C.CC(C)CCC[C@@H](C)[C@H]1CCC2C3CC=C4C[C@@H](OC(=O)Nc5ccn(C6OC(CO)C(O)C6(F)F)c(=O)n5)CC[C@]4(C)C3CC[C@@]21C.Nc1ccn(C2OC(CO)C(O)C2(F)F)c(=O)n1. The second-order valence-corrected chi connectivity index (χ2v) is 33.2. The molecule has 12 rings (SSSR count). The molecular weight excluding hydrogens is 1280 g/mol. The van der Waals surface area contributed by atoms with Gasteiger partial charge in [0.2, 0.25) is 12.5 Å². The first-order chi connectivity index (χ1) is 45.7. The van der Waals surface area contributed by atoms with Crippen LogP contribution in [0.25, 0.3) is 0 Å². The zero-order valence-electron chi connectivity index (χ0n) is 58.8. The summed E-state index contributed by atoms with van der Waals surface area (Å²) in [5.74, 6) is 1.93. The molecule has 7 N–H and O–H groups in total. The van der Waals surface area contributed by atoms with E-state index >= 15 is 0 Å². The standard InChI is InChI=1S/C37H55F2N3O6.C28H45ClO2.C9H11F2N3O4/c1-21(2)7-6-8-22(3)26-11-12-27-25-10-9-23-19-24(13-16-35(23,4)28(25)14-17-36(26,27)5)47-34(46)41-30-15-18-42(33(45)40-30)32-37(38,39)31(44)29(20-43)48-32;1-18(2)7-6-8-19(3)23-11-12-24-22-10-9-20-17-21(31-26(29)30)13-15-27(20,4)25(22)14-16-28(23,24)5;10-9(11)6(16)4(3-15)18-7(9)14-2-1-5(12)13-8(14)17/h9,15,18,21-22,24-29,31-32,43-44H,6-8,10-14,16-17,19-20H2,1-5H3,(H,40,41,45,46);9,18-19,21-25H,6-8,10-17H2,1-5H3;1-2,4,6-7,15-16H,3H2,(H2,12,13,17)/t22-,24+,25?,26-,27?,28?,29?,31?,32?,35+,36-;19-,21+,22?,23-,24?,25?,27+,28-;/m11./s1. The van der Waals surface area contributed by atoms with E-state index in [0.29, 0.717) is 43.6 Å². The summed E-state index contributed by atoms with van der Waals surface area (Å²) >= 11 is 5.51. The van der Waals surface area contributed by atoms with E-state index < -0.39 is 84.8 Å². The van der Waals surface area contributed by atoms with Gasteiger partial charge in [0, 0.05) is 36.8 Å². The highest BCUT2D eigenvalue weighted by atomic mass is 35.5. The third kappa shape index (κ3) is 15.0. The lowest BCUT2D eigenvalue weighted by atomic mass is 9.47. The van der Waals surface area contributed by atoms with Crippen LogP contribution >= 0.6 is 11.6 Å². The van der Waals surface area contributed by atoms with Crippen LogP contribution in [0.1, 0.15) is 223 Å². The lowest BCUT2D eigenvalue weighted by Crippen LogP contribution is -2.51. The molecule has 23 heteroatoms. The monoisotopic (exact) mass is 1390 g/mol. The zero-order chi connectivity index (χ0) is 70.5. The number of halogens is 5. The summed E-state index contributed by atoms with van der Waals surface area (Å²) in [4.78, 5) is 55.1.